The molecule has 1 aromatic carbocycles. The second kappa shape index (κ2) is 7.22. The zero-order valence-electron chi connectivity index (χ0n) is 16.5. The van der Waals surface area contributed by atoms with Crippen molar-refractivity contribution in [3.05, 3.63) is 54.4 Å². The molecular formula is C21H26N4O2S. The highest BCUT2D eigenvalue weighted by molar-refractivity contribution is 7.89. The molecule has 0 bridgehead atoms. The number of pyridine rings is 1. The van der Waals surface area contributed by atoms with Crippen molar-refractivity contribution in [1.29, 1.82) is 0 Å². The van der Waals surface area contributed by atoms with Crippen LogP contribution in [0.15, 0.2) is 53.7 Å². The number of aromatic nitrogens is 2. The number of anilines is 1. The molecule has 1 fully saturated rings. The molecule has 7 heteroatoms. The smallest absolute Gasteiger partial charge is 0.243 e. The van der Waals surface area contributed by atoms with Crippen LogP contribution < -0.4 is 4.90 Å². The van der Waals surface area contributed by atoms with Crippen molar-refractivity contribution in [2.24, 2.45) is 5.92 Å². The summed E-state index contributed by atoms with van der Waals surface area (Å²) >= 11 is 0. The van der Waals surface area contributed by atoms with Gasteiger partial charge in [-0.25, -0.2) is 13.4 Å². The van der Waals surface area contributed by atoms with Crippen molar-refractivity contribution in [3.8, 4) is 0 Å². The van der Waals surface area contributed by atoms with E-state index in [4.69, 9.17) is 0 Å². The number of nitrogens with zero attached hydrogens (tertiary/aromatic N) is 3. The van der Waals surface area contributed by atoms with Crippen LogP contribution in [0.25, 0.3) is 11.0 Å². The predicted molar refractivity (Wildman–Crippen MR) is 112 cm³/mol. The Morgan fingerprint density at radius 1 is 1.18 bits per heavy atom. The monoisotopic (exact) mass is 398 g/mol. The van der Waals surface area contributed by atoms with E-state index in [-0.39, 0.29) is 6.04 Å². The Kier molecular flexibility index (Phi) is 4.89. The summed E-state index contributed by atoms with van der Waals surface area (Å²) in [5, 5.41) is 1.05. The van der Waals surface area contributed by atoms with Gasteiger partial charge >= 0.3 is 0 Å². The standard InChI is InChI=1S/C21H26N4O2S/c1-15-4-6-17(7-5-15)28(26,27)25-13-10-16(2)20(14-25)24(3)19-9-12-23-21-18(19)8-11-22-21/h4-9,11-12,16,20H,10,13-14H2,1-3H3,(H,22,23). The fraction of sp³-hybridized carbons (Fsp3) is 0.381. The fourth-order valence-corrected chi connectivity index (χ4v) is 5.51. The van der Waals surface area contributed by atoms with E-state index in [0.717, 1.165) is 28.7 Å². The summed E-state index contributed by atoms with van der Waals surface area (Å²) in [7, 11) is -1.45. The highest BCUT2D eigenvalue weighted by Crippen LogP contribution is 2.32. The Labute approximate surface area is 166 Å². The molecule has 1 aliphatic heterocycles. The van der Waals surface area contributed by atoms with Gasteiger partial charge in [-0.3, -0.25) is 0 Å². The van der Waals surface area contributed by atoms with Crippen LogP contribution in [0.1, 0.15) is 18.9 Å². The number of aryl methyl sites for hydroxylation is 1. The first kappa shape index (κ1) is 19.0. The largest absolute Gasteiger partial charge is 0.369 e. The van der Waals surface area contributed by atoms with E-state index < -0.39 is 10.0 Å². The SMILES string of the molecule is Cc1ccc(S(=O)(=O)N2CCC(C)C(N(C)c3ccnc4[nH]ccc34)C2)cc1. The topological polar surface area (TPSA) is 69.3 Å². The third-order valence-corrected chi connectivity index (χ3v) is 7.73. The molecule has 4 rings (SSSR count). The average Bonchev–Trinajstić information content (AvgIpc) is 3.17. The first-order valence-corrected chi connectivity index (χ1v) is 11.0. The lowest BCUT2D eigenvalue weighted by Crippen LogP contribution is -2.52. The highest BCUT2D eigenvalue weighted by atomic mass is 32.2. The molecule has 1 aliphatic rings. The molecule has 0 amide bonds. The fourth-order valence-electron chi connectivity index (χ4n) is 4.03. The molecular weight excluding hydrogens is 372 g/mol. The van der Waals surface area contributed by atoms with E-state index in [1.807, 2.05) is 44.4 Å². The number of nitrogens with one attached hydrogen (secondary N) is 1. The number of likely N-dealkylation sites (N-methyl/N-ethyl adjacent to an activating group) is 1. The van der Waals surface area contributed by atoms with Crippen molar-refractivity contribution >= 4 is 26.7 Å². The number of hydrogen-bond donors (Lipinski definition) is 1. The second-order valence-electron chi connectivity index (χ2n) is 7.69. The van der Waals surface area contributed by atoms with Crippen molar-refractivity contribution in [2.75, 3.05) is 25.0 Å². The molecule has 2 atom stereocenters. The Hall–Kier alpha value is -2.38. The van der Waals surface area contributed by atoms with Crippen LogP contribution in [0, 0.1) is 12.8 Å². The van der Waals surface area contributed by atoms with Crippen LogP contribution in [0.2, 0.25) is 0 Å². The molecule has 0 saturated carbocycles. The summed E-state index contributed by atoms with van der Waals surface area (Å²) < 4.78 is 28.0. The minimum Gasteiger partial charge on any atom is -0.369 e. The molecule has 6 nitrogen and oxygen atoms in total. The van der Waals surface area contributed by atoms with Gasteiger partial charge in [-0.1, -0.05) is 24.6 Å². The molecule has 2 aromatic heterocycles. The lowest BCUT2D eigenvalue weighted by Gasteiger charge is -2.42. The summed E-state index contributed by atoms with van der Waals surface area (Å²) in [5.41, 5.74) is 2.96. The number of sulfonamides is 1. The summed E-state index contributed by atoms with van der Waals surface area (Å²) in [5.74, 6) is 0.386. The Morgan fingerprint density at radius 2 is 1.93 bits per heavy atom. The summed E-state index contributed by atoms with van der Waals surface area (Å²) in [6.07, 6.45) is 4.51. The van der Waals surface area contributed by atoms with Crippen molar-refractivity contribution in [1.82, 2.24) is 14.3 Å². The molecule has 1 saturated heterocycles. The molecule has 3 heterocycles. The van der Waals surface area contributed by atoms with Gasteiger partial charge in [0.2, 0.25) is 10.0 Å². The number of benzene rings is 1. The van der Waals surface area contributed by atoms with E-state index in [1.165, 1.54) is 0 Å². The first-order chi connectivity index (χ1) is 13.4. The Morgan fingerprint density at radius 3 is 2.68 bits per heavy atom. The van der Waals surface area contributed by atoms with E-state index in [9.17, 15) is 8.42 Å². The summed E-state index contributed by atoms with van der Waals surface area (Å²) in [6, 6.07) is 11.2. The maximum absolute atomic E-state index is 13.2. The van der Waals surface area contributed by atoms with Crippen LogP contribution in [-0.4, -0.2) is 48.9 Å². The zero-order chi connectivity index (χ0) is 19.9. The van der Waals surface area contributed by atoms with E-state index in [1.54, 1.807) is 22.6 Å². The van der Waals surface area contributed by atoms with Gasteiger partial charge in [-0.05, 0) is 43.5 Å². The number of aromatic amines is 1. The average molecular weight is 399 g/mol. The predicted octanol–water partition coefficient (Wildman–Crippen LogP) is 3.41. The van der Waals surface area contributed by atoms with Gasteiger partial charge < -0.3 is 9.88 Å². The highest BCUT2D eigenvalue weighted by Gasteiger charge is 2.36. The van der Waals surface area contributed by atoms with E-state index in [2.05, 4.69) is 21.8 Å². The molecule has 148 valence electrons. The van der Waals surface area contributed by atoms with Gasteiger partial charge in [0.25, 0.3) is 0 Å². The Balaban J connectivity index is 1.63. The lowest BCUT2D eigenvalue weighted by atomic mass is 9.93. The molecule has 0 aliphatic carbocycles. The Bertz CT molecular complexity index is 1080. The van der Waals surface area contributed by atoms with Crippen LogP contribution in [0.4, 0.5) is 5.69 Å². The van der Waals surface area contributed by atoms with Crippen molar-refractivity contribution in [3.63, 3.8) is 0 Å². The number of H-pyrrole nitrogens is 1. The van der Waals surface area contributed by atoms with Gasteiger partial charge in [0, 0.05) is 49.6 Å². The van der Waals surface area contributed by atoms with Gasteiger partial charge in [0.15, 0.2) is 0 Å². The molecule has 28 heavy (non-hydrogen) atoms. The molecule has 2 unspecified atom stereocenters. The van der Waals surface area contributed by atoms with Gasteiger partial charge in [0.05, 0.1) is 4.90 Å². The minimum absolute atomic E-state index is 0.0921. The van der Waals surface area contributed by atoms with Crippen molar-refractivity contribution in [2.45, 2.75) is 31.2 Å². The van der Waals surface area contributed by atoms with E-state index >= 15 is 0 Å². The quantitative estimate of drug-likeness (QED) is 0.731. The normalized spacial score (nSPS) is 21.1. The number of fused-ring (bicyclic) bond motifs is 1. The van der Waals surface area contributed by atoms with Gasteiger partial charge in [-0.15, -0.1) is 0 Å². The maximum atomic E-state index is 13.2. The van der Waals surface area contributed by atoms with Crippen LogP contribution >= 0.6 is 0 Å². The second-order valence-corrected chi connectivity index (χ2v) is 9.63. The lowest BCUT2D eigenvalue weighted by molar-refractivity contribution is 0.248. The number of hydrogen-bond acceptors (Lipinski definition) is 4. The molecule has 1 N–H and O–H groups in total. The number of piperidine rings is 1. The summed E-state index contributed by atoms with van der Waals surface area (Å²) in [6.45, 7) is 5.19. The summed E-state index contributed by atoms with van der Waals surface area (Å²) in [4.78, 5) is 10.1. The van der Waals surface area contributed by atoms with Crippen LogP contribution in [0.5, 0.6) is 0 Å². The molecule has 3 aromatic rings. The van der Waals surface area contributed by atoms with Crippen molar-refractivity contribution < 1.29 is 8.42 Å². The minimum atomic E-state index is -3.49. The van der Waals surface area contributed by atoms with Gasteiger partial charge in [0.1, 0.15) is 5.65 Å². The third-order valence-electron chi connectivity index (χ3n) is 5.85. The third kappa shape index (κ3) is 3.29. The first-order valence-electron chi connectivity index (χ1n) is 9.59. The molecule has 0 spiro atoms. The van der Waals surface area contributed by atoms with Crippen LogP contribution in [0.3, 0.4) is 0 Å². The zero-order valence-corrected chi connectivity index (χ0v) is 17.3. The number of rotatable bonds is 4. The maximum Gasteiger partial charge on any atom is 0.243 e. The van der Waals surface area contributed by atoms with E-state index in [0.29, 0.717) is 23.9 Å². The van der Waals surface area contributed by atoms with Gasteiger partial charge in [-0.2, -0.15) is 4.31 Å². The van der Waals surface area contributed by atoms with Crippen LogP contribution in [-0.2, 0) is 10.0 Å². The molecule has 0 radical (unpaired) electrons.